The summed E-state index contributed by atoms with van der Waals surface area (Å²) in [6.45, 7) is 0. The van der Waals surface area contributed by atoms with Gasteiger partial charge in [0.05, 0.1) is 11.7 Å². The van der Waals surface area contributed by atoms with E-state index < -0.39 is 11.9 Å². The average molecular weight is 310 g/mol. The molecule has 1 aromatic carbocycles. The van der Waals surface area contributed by atoms with Crippen LogP contribution >= 0.6 is 0 Å². The number of hydrogen-bond acceptors (Lipinski definition) is 3. The molecule has 0 unspecified atom stereocenters. The van der Waals surface area contributed by atoms with Crippen LogP contribution in [0.5, 0.6) is 0 Å². The van der Waals surface area contributed by atoms with Crippen LogP contribution in [0.3, 0.4) is 0 Å². The van der Waals surface area contributed by atoms with E-state index in [0.29, 0.717) is 0 Å². The second kappa shape index (κ2) is 7.56. The van der Waals surface area contributed by atoms with Crippen LogP contribution in [-0.4, -0.2) is 31.5 Å². The first-order valence-electron chi connectivity index (χ1n) is 6.69. The SMILES string of the molecule is C(=Cc1ncc2ccccn12)c1ccccc1.O=C(O)C(=O)O. The molecule has 6 nitrogen and oxygen atoms in total. The topological polar surface area (TPSA) is 91.9 Å². The van der Waals surface area contributed by atoms with Gasteiger partial charge in [-0.1, -0.05) is 42.5 Å². The lowest BCUT2D eigenvalue weighted by atomic mass is 10.2. The lowest BCUT2D eigenvalue weighted by molar-refractivity contribution is -0.159. The molecular weight excluding hydrogens is 296 g/mol. The third kappa shape index (κ3) is 4.53. The molecule has 3 aromatic rings. The largest absolute Gasteiger partial charge is 0.473 e. The maximum Gasteiger partial charge on any atom is 0.414 e. The van der Waals surface area contributed by atoms with Gasteiger partial charge in [-0.25, -0.2) is 14.6 Å². The zero-order chi connectivity index (χ0) is 16.7. The number of carboxylic acids is 2. The van der Waals surface area contributed by atoms with E-state index in [0.717, 1.165) is 11.3 Å². The molecule has 0 aliphatic rings. The van der Waals surface area contributed by atoms with Gasteiger partial charge in [0.25, 0.3) is 0 Å². The number of aromatic nitrogens is 2. The number of carbonyl (C=O) groups is 2. The highest BCUT2D eigenvalue weighted by Gasteiger charge is 2.04. The van der Waals surface area contributed by atoms with Gasteiger partial charge in [0.2, 0.25) is 0 Å². The fourth-order valence-electron chi connectivity index (χ4n) is 1.82. The summed E-state index contributed by atoms with van der Waals surface area (Å²) in [4.78, 5) is 22.6. The molecule has 2 N–H and O–H groups in total. The summed E-state index contributed by atoms with van der Waals surface area (Å²) in [7, 11) is 0. The van der Waals surface area contributed by atoms with Crippen LogP contribution in [0.15, 0.2) is 60.9 Å². The Hall–Kier alpha value is -3.41. The zero-order valence-electron chi connectivity index (χ0n) is 12.0. The molecule has 0 fully saturated rings. The summed E-state index contributed by atoms with van der Waals surface area (Å²) in [6.07, 6.45) is 8.00. The third-order valence-electron chi connectivity index (χ3n) is 2.87. The van der Waals surface area contributed by atoms with Gasteiger partial charge in [-0.3, -0.25) is 0 Å². The van der Waals surface area contributed by atoms with Crippen molar-refractivity contribution in [1.82, 2.24) is 9.38 Å². The van der Waals surface area contributed by atoms with Crippen LogP contribution in [0.4, 0.5) is 0 Å². The number of carboxylic acid groups (broad SMARTS) is 2. The van der Waals surface area contributed by atoms with E-state index in [1.807, 2.05) is 54.9 Å². The smallest absolute Gasteiger partial charge is 0.414 e. The molecule has 0 bridgehead atoms. The summed E-state index contributed by atoms with van der Waals surface area (Å²) in [6, 6.07) is 16.3. The number of nitrogens with zero attached hydrogens (tertiary/aromatic N) is 2. The summed E-state index contributed by atoms with van der Waals surface area (Å²) in [5.74, 6) is -2.70. The maximum absolute atomic E-state index is 9.10. The molecular formula is C17H14N2O4. The van der Waals surface area contributed by atoms with Crippen LogP contribution < -0.4 is 0 Å². The van der Waals surface area contributed by atoms with Crippen LogP contribution in [0.2, 0.25) is 0 Å². The first kappa shape index (κ1) is 16.0. The standard InChI is InChI=1S/C15H12N2.C2H2O4/c1-2-6-13(7-3-1)9-10-15-16-12-14-8-4-5-11-17(14)15;3-1(4)2(5)6/h1-12H;(H,3,4)(H,5,6). The van der Waals surface area contributed by atoms with Crippen molar-refractivity contribution < 1.29 is 19.8 Å². The molecule has 23 heavy (non-hydrogen) atoms. The number of fused-ring (bicyclic) bond motifs is 1. The van der Waals surface area contributed by atoms with Crippen molar-refractivity contribution in [3.05, 3.63) is 72.3 Å². The van der Waals surface area contributed by atoms with Gasteiger partial charge in [-0.15, -0.1) is 0 Å². The minimum Gasteiger partial charge on any atom is -0.473 e. The molecule has 3 rings (SSSR count). The van der Waals surface area contributed by atoms with E-state index in [2.05, 4.69) is 27.6 Å². The molecule has 116 valence electrons. The zero-order valence-corrected chi connectivity index (χ0v) is 12.0. The van der Waals surface area contributed by atoms with Crippen molar-refractivity contribution in [3.8, 4) is 0 Å². The van der Waals surface area contributed by atoms with Crippen LogP contribution in [0.1, 0.15) is 11.4 Å². The molecule has 0 saturated heterocycles. The number of imidazole rings is 1. The van der Waals surface area contributed by atoms with E-state index in [1.54, 1.807) is 0 Å². The Labute approximate surface area is 132 Å². The van der Waals surface area contributed by atoms with E-state index in [-0.39, 0.29) is 0 Å². The van der Waals surface area contributed by atoms with Crippen LogP contribution in [-0.2, 0) is 9.59 Å². The van der Waals surface area contributed by atoms with Gasteiger partial charge < -0.3 is 14.6 Å². The van der Waals surface area contributed by atoms with Gasteiger partial charge in [-0.05, 0) is 23.8 Å². The third-order valence-corrected chi connectivity index (χ3v) is 2.87. The first-order valence-corrected chi connectivity index (χ1v) is 6.69. The van der Waals surface area contributed by atoms with Gasteiger partial charge in [0.15, 0.2) is 0 Å². The fraction of sp³-hybridized carbons (Fsp3) is 0. The molecule has 0 aliphatic heterocycles. The van der Waals surface area contributed by atoms with E-state index in [9.17, 15) is 0 Å². The molecule has 0 spiro atoms. The van der Waals surface area contributed by atoms with E-state index in [4.69, 9.17) is 19.8 Å². The number of aliphatic carboxylic acids is 2. The molecule has 0 atom stereocenters. The molecule has 0 radical (unpaired) electrons. The Balaban J connectivity index is 0.000000277. The minimum atomic E-state index is -1.82. The molecule has 0 saturated carbocycles. The molecule has 2 aromatic heterocycles. The first-order chi connectivity index (χ1) is 11.1. The van der Waals surface area contributed by atoms with Crippen LogP contribution in [0.25, 0.3) is 17.7 Å². The lowest BCUT2D eigenvalue weighted by Gasteiger charge is -1.95. The normalized spacial score (nSPS) is 10.3. The van der Waals surface area contributed by atoms with Crippen molar-refractivity contribution in [2.45, 2.75) is 0 Å². The van der Waals surface area contributed by atoms with Crippen molar-refractivity contribution in [2.75, 3.05) is 0 Å². The van der Waals surface area contributed by atoms with Crippen molar-refractivity contribution in [3.63, 3.8) is 0 Å². The Morgan fingerprint density at radius 1 is 0.913 bits per heavy atom. The highest BCUT2D eigenvalue weighted by Crippen LogP contribution is 2.10. The van der Waals surface area contributed by atoms with Gasteiger partial charge >= 0.3 is 11.9 Å². The van der Waals surface area contributed by atoms with Crippen LogP contribution in [0, 0.1) is 0 Å². The quantitative estimate of drug-likeness (QED) is 0.710. The second-order valence-electron chi connectivity index (χ2n) is 4.47. The molecule has 0 amide bonds. The van der Waals surface area contributed by atoms with Crippen molar-refractivity contribution >= 4 is 29.6 Å². The summed E-state index contributed by atoms with van der Waals surface area (Å²) >= 11 is 0. The van der Waals surface area contributed by atoms with Crippen molar-refractivity contribution in [2.24, 2.45) is 0 Å². The predicted octanol–water partition coefficient (Wildman–Crippen LogP) is 2.66. The monoisotopic (exact) mass is 310 g/mol. The van der Waals surface area contributed by atoms with Gasteiger partial charge in [0, 0.05) is 6.20 Å². The number of rotatable bonds is 2. The maximum atomic E-state index is 9.10. The highest BCUT2D eigenvalue weighted by atomic mass is 16.4. The Bertz CT molecular complexity index is 826. The molecule has 6 heteroatoms. The molecule has 0 aliphatic carbocycles. The van der Waals surface area contributed by atoms with Gasteiger partial charge in [0.1, 0.15) is 5.82 Å². The molecule has 2 heterocycles. The minimum absolute atomic E-state index is 0.949. The van der Waals surface area contributed by atoms with E-state index >= 15 is 0 Å². The van der Waals surface area contributed by atoms with Gasteiger partial charge in [-0.2, -0.15) is 0 Å². The fourth-order valence-corrected chi connectivity index (χ4v) is 1.82. The Kier molecular flexibility index (Phi) is 5.25. The number of pyridine rings is 1. The van der Waals surface area contributed by atoms with Crippen molar-refractivity contribution in [1.29, 1.82) is 0 Å². The van der Waals surface area contributed by atoms with E-state index in [1.165, 1.54) is 5.56 Å². The average Bonchev–Trinajstić information content (AvgIpc) is 2.98. The summed E-state index contributed by atoms with van der Waals surface area (Å²) in [5.41, 5.74) is 2.29. The summed E-state index contributed by atoms with van der Waals surface area (Å²) in [5, 5.41) is 14.8. The highest BCUT2D eigenvalue weighted by molar-refractivity contribution is 6.27. The second-order valence-corrected chi connectivity index (χ2v) is 4.47. The predicted molar refractivity (Wildman–Crippen MR) is 85.8 cm³/mol. The number of hydrogen-bond donors (Lipinski definition) is 2. The Morgan fingerprint density at radius 2 is 1.57 bits per heavy atom. The Morgan fingerprint density at radius 3 is 2.22 bits per heavy atom. The number of benzene rings is 1. The summed E-state index contributed by atoms with van der Waals surface area (Å²) < 4.78 is 2.07. The lowest BCUT2D eigenvalue weighted by Crippen LogP contribution is -2.09.